The van der Waals surface area contributed by atoms with Crippen LogP contribution in [-0.4, -0.2) is 32.7 Å². The number of amides is 3. The minimum absolute atomic E-state index is 0.132. The number of halogens is 1. The fraction of sp³-hybridized carbons (Fsp3) is 0.200. The molecule has 1 heterocycles. The minimum atomic E-state index is -3.31. The van der Waals surface area contributed by atoms with Gasteiger partial charge in [0.2, 0.25) is 10.0 Å². The summed E-state index contributed by atoms with van der Waals surface area (Å²) in [5.74, 6) is -0.309. The number of hydrogen-bond acceptors (Lipinski definition) is 4. The van der Waals surface area contributed by atoms with Gasteiger partial charge in [-0.05, 0) is 66.9 Å². The summed E-state index contributed by atoms with van der Waals surface area (Å²) >= 11 is 5.89. The van der Waals surface area contributed by atoms with E-state index in [1.54, 1.807) is 73.7 Å². The number of carbonyl (C=O) groups is 2. The van der Waals surface area contributed by atoms with Crippen LogP contribution in [0.2, 0.25) is 5.02 Å². The van der Waals surface area contributed by atoms with Gasteiger partial charge in [0.1, 0.15) is 6.04 Å². The molecule has 3 aromatic rings. The summed E-state index contributed by atoms with van der Waals surface area (Å²) < 4.78 is 26.0. The van der Waals surface area contributed by atoms with Crippen molar-refractivity contribution in [3.63, 3.8) is 0 Å². The summed E-state index contributed by atoms with van der Waals surface area (Å²) in [5, 5.41) is 8.78. The van der Waals surface area contributed by atoms with Crippen molar-refractivity contribution < 1.29 is 18.0 Å². The number of carbonyl (C=O) groups excluding carboxylic acids is 2. The maximum absolute atomic E-state index is 13.2. The first-order valence-electron chi connectivity index (χ1n) is 11.0. The average molecular weight is 513 g/mol. The second kappa shape index (κ2) is 10.4. The summed E-state index contributed by atoms with van der Waals surface area (Å²) in [6.07, 6.45) is 0.586. The van der Waals surface area contributed by atoms with E-state index in [2.05, 4.69) is 16.0 Å². The van der Waals surface area contributed by atoms with Crippen molar-refractivity contribution in [3.8, 4) is 0 Å². The Kier molecular flexibility index (Phi) is 7.28. The van der Waals surface area contributed by atoms with Crippen LogP contribution in [0, 0.1) is 6.92 Å². The lowest BCUT2D eigenvalue weighted by Gasteiger charge is -2.21. The fourth-order valence-corrected chi connectivity index (χ4v) is 5.67. The number of urea groups is 1. The Bertz CT molecular complexity index is 1330. The zero-order chi connectivity index (χ0) is 25.0. The molecule has 8 nitrogen and oxygen atoms in total. The van der Waals surface area contributed by atoms with Crippen LogP contribution in [-0.2, 0) is 14.8 Å². The highest BCUT2D eigenvalue weighted by atomic mass is 35.5. The van der Waals surface area contributed by atoms with E-state index in [1.807, 2.05) is 6.07 Å². The molecule has 0 spiro atoms. The Morgan fingerprint density at radius 2 is 1.63 bits per heavy atom. The van der Waals surface area contributed by atoms with Gasteiger partial charge in [-0.1, -0.05) is 41.9 Å². The first-order chi connectivity index (χ1) is 16.7. The van der Waals surface area contributed by atoms with Gasteiger partial charge in [-0.3, -0.25) is 9.10 Å². The quantitative estimate of drug-likeness (QED) is 0.445. The molecule has 1 atom stereocenters. The molecule has 182 valence electrons. The summed E-state index contributed by atoms with van der Waals surface area (Å²) in [7, 11) is -3.31. The maximum Gasteiger partial charge on any atom is 0.320 e. The number of benzene rings is 3. The minimum Gasteiger partial charge on any atom is -0.324 e. The van der Waals surface area contributed by atoms with Crippen molar-refractivity contribution >= 4 is 50.6 Å². The molecule has 1 fully saturated rings. The summed E-state index contributed by atoms with van der Waals surface area (Å²) in [6.45, 7) is 2.24. The highest BCUT2D eigenvalue weighted by Gasteiger charge is 2.29. The van der Waals surface area contributed by atoms with Gasteiger partial charge >= 0.3 is 6.03 Å². The Morgan fingerprint density at radius 3 is 2.26 bits per heavy atom. The van der Waals surface area contributed by atoms with Gasteiger partial charge in [0.15, 0.2) is 0 Å². The van der Waals surface area contributed by atoms with E-state index in [0.29, 0.717) is 40.6 Å². The number of anilines is 3. The normalized spacial score (nSPS) is 15.3. The van der Waals surface area contributed by atoms with E-state index in [-0.39, 0.29) is 5.75 Å². The van der Waals surface area contributed by atoms with Crippen molar-refractivity contribution in [1.82, 2.24) is 5.32 Å². The number of nitrogens with zero attached hydrogens (tertiary/aromatic N) is 1. The third kappa shape index (κ3) is 5.93. The molecular weight excluding hydrogens is 488 g/mol. The van der Waals surface area contributed by atoms with E-state index in [1.165, 1.54) is 4.31 Å². The summed E-state index contributed by atoms with van der Waals surface area (Å²) in [6, 6.07) is 19.0. The van der Waals surface area contributed by atoms with Gasteiger partial charge in [-0.2, -0.15) is 0 Å². The summed E-state index contributed by atoms with van der Waals surface area (Å²) in [5.41, 5.74) is 2.95. The van der Waals surface area contributed by atoms with Gasteiger partial charge in [0.25, 0.3) is 5.91 Å². The second-order valence-corrected chi connectivity index (χ2v) is 10.6. The van der Waals surface area contributed by atoms with Crippen molar-refractivity contribution in [2.45, 2.75) is 19.4 Å². The molecule has 10 heteroatoms. The average Bonchev–Trinajstić information content (AvgIpc) is 3.18. The molecule has 0 unspecified atom stereocenters. The van der Waals surface area contributed by atoms with E-state index in [9.17, 15) is 18.0 Å². The van der Waals surface area contributed by atoms with Crippen LogP contribution in [0.5, 0.6) is 0 Å². The zero-order valence-electron chi connectivity index (χ0n) is 19.0. The Balaban J connectivity index is 1.51. The van der Waals surface area contributed by atoms with Crippen molar-refractivity contribution in [2.75, 3.05) is 27.2 Å². The monoisotopic (exact) mass is 512 g/mol. The molecule has 1 aliphatic rings. The molecule has 3 aromatic carbocycles. The summed E-state index contributed by atoms with van der Waals surface area (Å²) in [4.78, 5) is 25.9. The largest absolute Gasteiger partial charge is 0.324 e. The van der Waals surface area contributed by atoms with E-state index in [0.717, 1.165) is 5.56 Å². The highest BCUT2D eigenvalue weighted by molar-refractivity contribution is 7.93. The molecule has 0 saturated carbocycles. The van der Waals surface area contributed by atoms with Crippen LogP contribution in [0.3, 0.4) is 0 Å². The predicted octanol–water partition coefficient (Wildman–Crippen LogP) is 4.69. The van der Waals surface area contributed by atoms with Gasteiger partial charge in [-0.15, -0.1) is 0 Å². The number of hydrogen-bond donors (Lipinski definition) is 3. The molecular formula is C25H25ClN4O4S. The molecule has 1 aliphatic heterocycles. The fourth-order valence-electron chi connectivity index (χ4n) is 3.91. The molecule has 35 heavy (non-hydrogen) atoms. The Labute approximate surface area is 209 Å². The number of sulfonamides is 1. The van der Waals surface area contributed by atoms with Crippen LogP contribution >= 0.6 is 11.6 Å². The predicted molar refractivity (Wildman–Crippen MR) is 138 cm³/mol. The molecule has 4 rings (SSSR count). The smallest absolute Gasteiger partial charge is 0.320 e. The first-order valence-corrected chi connectivity index (χ1v) is 13.0. The number of rotatable bonds is 6. The van der Waals surface area contributed by atoms with Crippen LogP contribution in [0.1, 0.15) is 23.6 Å². The molecule has 0 radical (unpaired) electrons. The van der Waals surface area contributed by atoms with Crippen molar-refractivity contribution in [3.05, 3.63) is 88.9 Å². The molecule has 3 amide bonds. The molecule has 1 saturated heterocycles. The Morgan fingerprint density at radius 1 is 0.943 bits per heavy atom. The topological polar surface area (TPSA) is 108 Å². The van der Waals surface area contributed by atoms with Crippen LogP contribution in [0.4, 0.5) is 21.9 Å². The first kappa shape index (κ1) is 24.6. The van der Waals surface area contributed by atoms with Crippen LogP contribution in [0.15, 0.2) is 72.8 Å². The van der Waals surface area contributed by atoms with Crippen molar-refractivity contribution in [2.24, 2.45) is 0 Å². The number of nitrogens with one attached hydrogen (secondary N) is 3. The van der Waals surface area contributed by atoms with E-state index in [4.69, 9.17) is 11.6 Å². The maximum atomic E-state index is 13.2. The van der Waals surface area contributed by atoms with Crippen LogP contribution in [0.25, 0.3) is 0 Å². The third-order valence-electron chi connectivity index (χ3n) is 5.60. The van der Waals surface area contributed by atoms with E-state index < -0.39 is 28.0 Å². The molecule has 0 aliphatic carbocycles. The zero-order valence-corrected chi connectivity index (χ0v) is 20.6. The SMILES string of the molecule is Cc1cc(NC(=O)[C@H](NC(=O)Nc2ccc(Cl)cc2)c2ccccc2)ccc1N1CCCS1(=O)=O. The standard InChI is InChI=1S/C25H25ClN4O4S/c1-17-16-21(12-13-22(17)30-14-5-15-35(30,33)34)27-24(31)23(18-6-3-2-4-7-18)29-25(32)28-20-10-8-19(26)9-11-20/h2-4,6-13,16,23H,5,14-15H2,1H3,(H,27,31)(H2,28,29,32)/t23-/m1/s1. The van der Waals surface area contributed by atoms with E-state index >= 15 is 0 Å². The lowest BCUT2D eigenvalue weighted by Crippen LogP contribution is -2.39. The van der Waals surface area contributed by atoms with Gasteiger partial charge < -0.3 is 16.0 Å². The van der Waals surface area contributed by atoms with Gasteiger partial charge in [-0.25, -0.2) is 13.2 Å². The van der Waals surface area contributed by atoms with Crippen molar-refractivity contribution in [1.29, 1.82) is 0 Å². The van der Waals surface area contributed by atoms with Gasteiger partial charge in [0.05, 0.1) is 11.4 Å². The van der Waals surface area contributed by atoms with Gasteiger partial charge in [0, 0.05) is 22.9 Å². The Hall–Kier alpha value is -3.56. The second-order valence-electron chi connectivity index (χ2n) is 8.18. The lowest BCUT2D eigenvalue weighted by atomic mass is 10.1. The molecule has 3 N–H and O–H groups in total. The molecule has 0 aromatic heterocycles. The highest BCUT2D eigenvalue weighted by Crippen LogP contribution is 2.29. The lowest BCUT2D eigenvalue weighted by molar-refractivity contribution is -0.118. The van der Waals surface area contributed by atoms with Crippen LogP contribution < -0.4 is 20.3 Å². The third-order valence-corrected chi connectivity index (χ3v) is 7.71. The molecule has 0 bridgehead atoms. The number of aryl methyl sites for hydroxylation is 1.